The zero-order valence-corrected chi connectivity index (χ0v) is 55.7. The fourth-order valence-electron chi connectivity index (χ4n) is 9.63. The summed E-state index contributed by atoms with van der Waals surface area (Å²) < 4.78 is 33.8. The van der Waals surface area contributed by atoms with Crippen molar-refractivity contribution in [1.82, 2.24) is 47.8 Å². The van der Waals surface area contributed by atoms with Gasteiger partial charge in [-0.15, -0.1) is 11.7 Å². The molecule has 5 unspecified atom stereocenters. The van der Waals surface area contributed by atoms with Gasteiger partial charge < -0.3 is 103 Å². The van der Waals surface area contributed by atoms with Gasteiger partial charge in [-0.05, 0) is 48.8 Å². The third kappa shape index (κ3) is 19.1. The van der Waals surface area contributed by atoms with E-state index in [0.29, 0.717) is 0 Å². The maximum atomic E-state index is 11.9. The molecular formula is C51H77N15O20S7. The predicted octanol–water partition coefficient (Wildman–Crippen LogP) is -4.36. The van der Waals surface area contributed by atoms with Gasteiger partial charge in [0, 0.05) is 36.7 Å². The number of thioether (sulfide) groups is 2. The Morgan fingerprint density at radius 3 is 1.03 bits per heavy atom. The van der Waals surface area contributed by atoms with Gasteiger partial charge in [0.1, 0.15) is 59.6 Å². The predicted molar refractivity (Wildman–Crippen MR) is 356 cm³/mol. The van der Waals surface area contributed by atoms with Crippen molar-refractivity contribution in [2.75, 3.05) is 79.5 Å². The molecule has 5 fully saturated rings. The molecule has 5 saturated heterocycles. The fraction of sp³-hybridized carbons (Fsp3) is 0.608. The number of hydrogen-bond acceptors (Lipinski definition) is 37. The van der Waals surface area contributed by atoms with Crippen LogP contribution in [0.4, 0.5) is 29.1 Å². The van der Waals surface area contributed by atoms with E-state index in [-0.39, 0.29) is 77.9 Å². The van der Waals surface area contributed by atoms with Crippen molar-refractivity contribution in [3.63, 3.8) is 0 Å². The Morgan fingerprint density at radius 2 is 0.731 bits per heavy atom. The van der Waals surface area contributed by atoms with Crippen LogP contribution >= 0.6 is 80.2 Å². The van der Waals surface area contributed by atoms with Crippen molar-refractivity contribution in [3.05, 3.63) is 114 Å². The van der Waals surface area contributed by atoms with E-state index in [0.717, 1.165) is 28.7 Å². The monoisotopic (exact) mass is 1440 g/mol. The smallest absolute Gasteiger partial charge is 0.351 e. The Balaban J connectivity index is 0.000000185. The lowest BCUT2D eigenvalue weighted by molar-refractivity contribution is -0.0456. The Hall–Kier alpha value is -4.75. The normalized spacial score (nSPS) is 31.1. The number of aromatic nitrogens is 10. The summed E-state index contributed by atoms with van der Waals surface area (Å²) in [6, 6.07) is 7.40. The molecular weight excluding hydrogens is 1370 g/mol. The van der Waals surface area contributed by atoms with Gasteiger partial charge in [0.05, 0.1) is 89.8 Å². The van der Waals surface area contributed by atoms with Crippen molar-refractivity contribution >= 4 is 109 Å². The summed E-state index contributed by atoms with van der Waals surface area (Å²) in [6.45, 7) is 2.46. The third-order valence-electron chi connectivity index (χ3n) is 14.3. The van der Waals surface area contributed by atoms with Crippen LogP contribution in [0, 0.1) is 0 Å². The summed E-state index contributed by atoms with van der Waals surface area (Å²) in [4.78, 5) is 76.9. The molecule has 0 spiro atoms. The lowest BCUT2D eigenvalue weighted by Crippen LogP contribution is -2.34. The van der Waals surface area contributed by atoms with E-state index >= 15 is 0 Å². The molecule has 0 amide bonds. The molecule has 0 saturated carbocycles. The molecule has 5 aliphatic rings. The average Bonchev–Trinajstić information content (AvgIpc) is 1.82. The van der Waals surface area contributed by atoms with Crippen LogP contribution in [0.5, 0.6) is 0 Å². The van der Waals surface area contributed by atoms with Crippen LogP contribution in [0.15, 0.2) is 85.3 Å². The molecule has 10 heterocycles. The van der Waals surface area contributed by atoms with Crippen LogP contribution < -0.4 is 57.1 Å². The van der Waals surface area contributed by atoms with Crippen LogP contribution in [0.2, 0.25) is 0 Å². The van der Waals surface area contributed by atoms with Crippen LogP contribution in [-0.2, 0) is 23.7 Å². The minimum absolute atomic E-state index is 0.110. The molecule has 0 aromatic carbocycles. The third-order valence-corrected chi connectivity index (χ3v) is 21.9. The highest BCUT2D eigenvalue weighted by Gasteiger charge is 2.49. The summed E-state index contributed by atoms with van der Waals surface area (Å²) in [5.74, 6) is 2.32. The summed E-state index contributed by atoms with van der Waals surface area (Å²) >= 11 is 11.1. The topological polar surface area (TPSA) is 553 Å². The van der Waals surface area contributed by atoms with Gasteiger partial charge in [-0.3, -0.25) is 22.8 Å². The molecule has 518 valence electrons. The molecule has 93 heavy (non-hydrogen) atoms. The average molecular weight is 1440 g/mol. The molecule has 35 nitrogen and oxygen atoms in total. The lowest BCUT2D eigenvalue weighted by atomic mass is 10.2. The van der Waals surface area contributed by atoms with Gasteiger partial charge in [-0.1, -0.05) is 46.2 Å². The SMILES string of the molecule is CCCSC1[C@@H](O)[C@@H](CO)O[C@H]1n1ccc(N)nc1=O.CCSSC1[C@@H](O)[C@@H](CO)O[C@H]1n1ccc(N)nc1=O.CSC1[C@@H](O)[C@@H](CO)O[C@H]1n1ccc(N)nc1=O.Nc1ccn([C@@H]2O[C@H](CO)[C@H](O)C2S)c(=O)n1.Nc1ccn([C@@H]2O[C@H](CO)[C@H](O)C2SS)c(=O)n1. The van der Waals surface area contributed by atoms with Crippen molar-refractivity contribution in [2.24, 2.45) is 0 Å². The molecule has 5 aromatic rings. The quantitative estimate of drug-likeness (QED) is 0.0291. The maximum Gasteiger partial charge on any atom is 0.351 e. The lowest BCUT2D eigenvalue weighted by Gasteiger charge is -2.21. The van der Waals surface area contributed by atoms with Gasteiger partial charge in [-0.2, -0.15) is 61.1 Å². The molecule has 0 bridgehead atoms. The summed E-state index contributed by atoms with van der Waals surface area (Å²) in [5.41, 5.74) is 24.3. The summed E-state index contributed by atoms with van der Waals surface area (Å²) in [6.07, 6.45) is -1.38. The molecule has 20 N–H and O–H groups in total. The van der Waals surface area contributed by atoms with Gasteiger partial charge in [-0.25, -0.2) is 24.0 Å². The molecule has 5 aliphatic heterocycles. The van der Waals surface area contributed by atoms with E-state index in [9.17, 15) is 59.7 Å². The highest BCUT2D eigenvalue weighted by molar-refractivity contribution is 8.77. The minimum Gasteiger partial charge on any atom is -0.394 e. The number of anilines is 5. The maximum absolute atomic E-state index is 11.9. The van der Waals surface area contributed by atoms with Gasteiger partial charge >= 0.3 is 28.4 Å². The second-order valence-corrected chi connectivity index (χ2v) is 27.6. The molecule has 42 heteroatoms. The van der Waals surface area contributed by atoms with Crippen LogP contribution in [0.25, 0.3) is 0 Å². The highest BCUT2D eigenvalue weighted by Crippen LogP contribution is 2.43. The molecule has 0 radical (unpaired) electrons. The van der Waals surface area contributed by atoms with Gasteiger partial charge in [0.25, 0.3) is 0 Å². The molecule has 20 atom stereocenters. The van der Waals surface area contributed by atoms with Crippen LogP contribution in [-0.4, -0.2) is 237 Å². The van der Waals surface area contributed by atoms with E-state index in [1.807, 2.05) is 13.8 Å². The zero-order valence-electron chi connectivity index (χ0n) is 49.8. The van der Waals surface area contributed by atoms with Gasteiger partial charge in [0.15, 0.2) is 31.1 Å². The summed E-state index contributed by atoms with van der Waals surface area (Å²) in [5, 5.41) is 93.5. The number of nitrogens with two attached hydrogens (primary N) is 5. The van der Waals surface area contributed by atoms with Gasteiger partial charge in [0.2, 0.25) is 0 Å². The highest BCUT2D eigenvalue weighted by atomic mass is 33.1. The number of aliphatic hydroxyl groups is 10. The first-order valence-corrected chi connectivity index (χ1v) is 35.4. The van der Waals surface area contributed by atoms with Crippen molar-refractivity contribution in [1.29, 1.82) is 0 Å². The number of nitrogen functional groups attached to an aromatic ring is 5. The zero-order chi connectivity index (χ0) is 68.5. The standard InChI is InChI=1S/C12H19N3O4S.C11H17N3O4S2.C10H15N3O4S.C9H13N3O4S2.C9H13N3O4S/c1-2-5-20-10-9(17)7(6-16)19-11(10)15-4-3-8(13)14-12(15)18;1-2-19-20-9-8(16)6(5-15)18-10(9)14-4-3-7(12)13-11(14)17;1-18-8-7(15)5(4-14)17-9(8)13-3-2-6(11)12-10(13)16;10-5-1-2-12(9(15)11-5)8-7(18-17)6(14)4(3-13)16-8;10-5-1-2-12(9(15)11-5)8-7(17)6(14)4(3-13)16-8/h3-4,7,9-11,16-17H,2,5-6H2,1H3,(H2,13,14,18);3-4,6,8-10,15-16H,2,5H2,1H3,(H2,12,13,17);2-3,5,7-9,14-15H,4H2,1H3,(H2,11,12,16);1-2,4,6-8,13-14,17H,3H2,(H2,10,11,15);1-2,4,6-8,13-14,17H,3H2,(H2,10,11,15)/t7-,9+,10?,11-;6-,8+,9?,10-;5-,7+,8?,9-;2*4-,6+,7?,8-/m11111/s1. The van der Waals surface area contributed by atoms with Crippen molar-refractivity contribution in [3.8, 4) is 0 Å². The number of rotatable bonds is 18. The fourth-order valence-corrected chi connectivity index (χ4v) is 15.8. The molecule has 0 aliphatic carbocycles. The van der Waals surface area contributed by atoms with E-state index in [1.54, 1.807) is 17.0 Å². The van der Waals surface area contributed by atoms with Crippen LogP contribution in [0.1, 0.15) is 51.4 Å². The number of aliphatic hydroxyl groups excluding tert-OH is 10. The van der Waals surface area contributed by atoms with E-state index in [4.69, 9.17) is 67.7 Å². The molecule has 10 rings (SSSR count). The number of thiol groups is 2. The first kappa shape index (κ1) is 77.3. The first-order chi connectivity index (χ1) is 44.4. The number of nitrogens with zero attached hydrogens (tertiary/aromatic N) is 10. The Kier molecular flexibility index (Phi) is 30.4. The number of hydrogen-bond donors (Lipinski definition) is 17. The van der Waals surface area contributed by atoms with E-state index in [2.05, 4.69) is 49.2 Å². The van der Waals surface area contributed by atoms with E-state index in [1.165, 1.54) is 118 Å². The molecule has 5 aromatic heterocycles. The number of ether oxygens (including phenoxy) is 5. The second kappa shape index (κ2) is 36.6. The minimum atomic E-state index is -0.946. The van der Waals surface area contributed by atoms with Crippen LogP contribution in [0.3, 0.4) is 0 Å². The Bertz CT molecular complexity index is 3300. The van der Waals surface area contributed by atoms with Crippen molar-refractivity contribution < 1.29 is 74.7 Å². The van der Waals surface area contributed by atoms with E-state index < -0.39 is 131 Å². The Labute approximate surface area is 560 Å². The largest absolute Gasteiger partial charge is 0.394 e. The van der Waals surface area contributed by atoms with Crippen molar-refractivity contribution in [2.45, 2.75) is 139 Å². The first-order valence-electron chi connectivity index (χ1n) is 28.2. The summed E-state index contributed by atoms with van der Waals surface area (Å²) in [7, 11) is 4.07. The Morgan fingerprint density at radius 1 is 0.452 bits per heavy atom. The second-order valence-electron chi connectivity index (χ2n) is 20.5.